The van der Waals surface area contributed by atoms with Crippen LogP contribution < -0.4 is 10.6 Å². The highest BCUT2D eigenvalue weighted by molar-refractivity contribution is 14.0. The van der Waals surface area contributed by atoms with Gasteiger partial charge in [0.15, 0.2) is 5.96 Å². The fourth-order valence-corrected chi connectivity index (χ4v) is 2.70. The molecule has 1 amide bonds. The van der Waals surface area contributed by atoms with Gasteiger partial charge in [0, 0.05) is 39.7 Å². The molecular formula is C19H30FIN4O2. The van der Waals surface area contributed by atoms with Crippen molar-refractivity contribution in [3.63, 3.8) is 0 Å². The van der Waals surface area contributed by atoms with Crippen molar-refractivity contribution in [2.24, 2.45) is 10.9 Å². The van der Waals surface area contributed by atoms with Gasteiger partial charge in [0.25, 0.3) is 0 Å². The van der Waals surface area contributed by atoms with Crippen LogP contribution in [0.25, 0.3) is 0 Å². The van der Waals surface area contributed by atoms with Crippen molar-refractivity contribution in [1.82, 2.24) is 15.5 Å². The van der Waals surface area contributed by atoms with Gasteiger partial charge in [-0.1, -0.05) is 6.07 Å². The first-order chi connectivity index (χ1) is 12.5. The molecule has 27 heavy (non-hydrogen) atoms. The average Bonchev–Trinajstić information content (AvgIpc) is 3.11. The van der Waals surface area contributed by atoms with Crippen LogP contribution in [0.4, 0.5) is 4.39 Å². The summed E-state index contributed by atoms with van der Waals surface area (Å²) in [6.07, 6.45) is 1.78. The molecule has 2 N–H and O–H groups in total. The van der Waals surface area contributed by atoms with Crippen LogP contribution in [0.15, 0.2) is 23.2 Å². The number of benzene rings is 1. The highest BCUT2D eigenvalue weighted by atomic mass is 127. The zero-order valence-corrected chi connectivity index (χ0v) is 18.6. The Kier molecular flexibility index (Phi) is 10.6. The van der Waals surface area contributed by atoms with Crippen molar-refractivity contribution in [2.75, 3.05) is 46.9 Å². The van der Waals surface area contributed by atoms with Crippen molar-refractivity contribution >= 4 is 35.8 Å². The van der Waals surface area contributed by atoms with Crippen LogP contribution in [-0.2, 0) is 16.0 Å². The van der Waals surface area contributed by atoms with E-state index < -0.39 is 0 Å². The van der Waals surface area contributed by atoms with Gasteiger partial charge in [0.1, 0.15) is 12.4 Å². The zero-order chi connectivity index (χ0) is 18.9. The van der Waals surface area contributed by atoms with Gasteiger partial charge in [-0.25, -0.2) is 9.38 Å². The Morgan fingerprint density at radius 2 is 2.15 bits per heavy atom. The van der Waals surface area contributed by atoms with E-state index in [9.17, 15) is 9.18 Å². The largest absolute Gasteiger partial charge is 0.381 e. The second-order valence-corrected chi connectivity index (χ2v) is 6.81. The van der Waals surface area contributed by atoms with Gasteiger partial charge in [-0.2, -0.15) is 0 Å². The van der Waals surface area contributed by atoms with Crippen molar-refractivity contribution in [3.8, 4) is 0 Å². The number of nitrogens with one attached hydrogen (secondary N) is 2. The van der Waals surface area contributed by atoms with Gasteiger partial charge < -0.3 is 20.3 Å². The number of hydrogen-bond donors (Lipinski definition) is 2. The third kappa shape index (κ3) is 8.42. The maximum Gasteiger partial charge on any atom is 0.243 e. The number of guanidine groups is 1. The maximum absolute atomic E-state index is 13.2. The normalized spacial score (nSPS) is 16.6. The topological polar surface area (TPSA) is 66.0 Å². The van der Waals surface area contributed by atoms with E-state index in [0.29, 0.717) is 18.4 Å². The predicted molar refractivity (Wildman–Crippen MR) is 116 cm³/mol. The fourth-order valence-electron chi connectivity index (χ4n) is 2.70. The van der Waals surface area contributed by atoms with E-state index in [1.165, 1.54) is 11.0 Å². The number of rotatable bonds is 7. The first-order valence-electron chi connectivity index (χ1n) is 9.01. The number of ether oxygens (including phenoxy) is 1. The molecule has 6 nitrogen and oxygen atoms in total. The van der Waals surface area contributed by atoms with Crippen LogP contribution in [0.1, 0.15) is 17.5 Å². The van der Waals surface area contributed by atoms with Gasteiger partial charge in [-0.3, -0.25) is 4.79 Å². The second-order valence-electron chi connectivity index (χ2n) is 6.81. The molecule has 1 aliphatic heterocycles. The number of aryl methyl sites for hydroxylation is 1. The Balaban J connectivity index is 0.00000364. The first kappa shape index (κ1) is 23.6. The van der Waals surface area contributed by atoms with Gasteiger partial charge in [-0.05, 0) is 43.0 Å². The van der Waals surface area contributed by atoms with E-state index in [4.69, 9.17) is 4.74 Å². The standard InChI is InChI=1S/C19H29FN4O2.HI/c1-14-10-17(20)5-4-16(14)6-8-21-19(23-12-18(25)24(2)3)22-11-15-7-9-26-13-15;/h4-5,10,15H,6-9,11-13H2,1-3H3,(H2,21,22,23);1H. The SMILES string of the molecule is Cc1cc(F)ccc1CCNC(=NCC(=O)N(C)C)NCC1CCOC1.I. The van der Waals surface area contributed by atoms with E-state index in [0.717, 1.165) is 43.7 Å². The highest BCUT2D eigenvalue weighted by Crippen LogP contribution is 2.11. The first-order valence-corrected chi connectivity index (χ1v) is 9.01. The lowest BCUT2D eigenvalue weighted by Gasteiger charge is -2.16. The van der Waals surface area contributed by atoms with Gasteiger partial charge in [-0.15, -0.1) is 24.0 Å². The summed E-state index contributed by atoms with van der Waals surface area (Å²) < 4.78 is 18.6. The molecule has 8 heteroatoms. The van der Waals surface area contributed by atoms with E-state index in [1.54, 1.807) is 20.2 Å². The molecule has 1 atom stereocenters. The number of carbonyl (C=O) groups is 1. The van der Waals surface area contributed by atoms with Crippen LogP contribution >= 0.6 is 24.0 Å². The molecule has 0 radical (unpaired) electrons. The number of hydrogen-bond acceptors (Lipinski definition) is 3. The molecule has 0 spiro atoms. The molecule has 1 heterocycles. The van der Waals surface area contributed by atoms with Crippen LogP contribution in [0.2, 0.25) is 0 Å². The summed E-state index contributed by atoms with van der Waals surface area (Å²) in [5, 5.41) is 6.56. The number of aliphatic imine (C=N–C) groups is 1. The third-order valence-corrected chi connectivity index (χ3v) is 4.44. The lowest BCUT2D eigenvalue weighted by Crippen LogP contribution is -2.41. The van der Waals surface area contributed by atoms with Crippen molar-refractivity contribution in [3.05, 3.63) is 35.1 Å². The molecule has 1 aromatic rings. The Labute approximate surface area is 178 Å². The van der Waals surface area contributed by atoms with E-state index >= 15 is 0 Å². The lowest BCUT2D eigenvalue weighted by atomic mass is 10.1. The number of likely N-dealkylation sites (N-methyl/N-ethyl adjacent to an activating group) is 1. The molecule has 2 rings (SSSR count). The molecule has 1 fully saturated rings. The van der Waals surface area contributed by atoms with Crippen LogP contribution in [0.3, 0.4) is 0 Å². The van der Waals surface area contributed by atoms with Gasteiger partial charge in [0.05, 0.1) is 6.61 Å². The Bertz CT molecular complexity index is 634. The average molecular weight is 492 g/mol. The molecule has 1 aromatic carbocycles. The van der Waals surface area contributed by atoms with Gasteiger partial charge >= 0.3 is 0 Å². The van der Waals surface area contributed by atoms with Crippen molar-refractivity contribution in [1.29, 1.82) is 0 Å². The molecule has 0 aromatic heterocycles. The highest BCUT2D eigenvalue weighted by Gasteiger charge is 2.16. The lowest BCUT2D eigenvalue weighted by molar-refractivity contribution is -0.127. The summed E-state index contributed by atoms with van der Waals surface area (Å²) in [4.78, 5) is 17.7. The van der Waals surface area contributed by atoms with Crippen LogP contribution in [-0.4, -0.2) is 63.7 Å². The van der Waals surface area contributed by atoms with Gasteiger partial charge in [0.2, 0.25) is 5.91 Å². The van der Waals surface area contributed by atoms with Crippen molar-refractivity contribution < 1.29 is 13.9 Å². The number of carbonyl (C=O) groups excluding carboxylic acids is 1. The molecule has 0 aliphatic carbocycles. The minimum atomic E-state index is -0.218. The minimum absolute atomic E-state index is 0. The summed E-state index contributed by atoms with van der Waals surface area (Å²) in [6.45, 7) is 4.97. The minimum Gasteiger partial charge on any atom is -0.381 e. The number of amides is 1. The maximum atomic E-state index is 13.2. The summed E-state index contributed by atoms with van der Waals surface area (Å²) >= 11 is 0. The molecule has 0 saturated carbocycles. The molecule has 1 saturated heterocycles. The Hall–Kier alpha value is -1.42. The molecular weight excluding hydrogens is 462 g/mol. The Morgan fingerprint density at radius 3 is 2.78 bits per heavy atom. The van der Waals surface area contributed by atoms with E-state index in [1.807, 2.05) is 13.0 Å². The second kappa shape index (κ2) is 12.1. The predicted octanol–water partition coefficient (Wildman–Crippen LogP) is 1.95. The summed E-state index contributed by atoms with van der Waals surface area (Å²) in [5.41, 5.74) is 2.02. The molecule has 152 valence electrons. The van der Waals surface area contributed by atoms with E-state index in [2.05, 4.69) is 15.6 Å². The summed E-state index contributed by atoms with van der Waals surface area (Å²) in [5.74, 6) is 0.812. The van der Waals surface area contributed by atoms with E-state index in [-0.39, 0.29) is 42.2 Å². The fraction of sp³-hybridized carbons (Fsp3) is 0.579. The molecule has 1 unspecified atom stereocenters. The van der Waals surface area contributed by atoms with Crippen molar-refractivity contribution in [2.45, 2.75) is 19.8 Å². The van der Waals surface area contributed by atoms with Crippen LogP contribution in [0.5, 0.6) is 0 Å². The quantitative estimate of drug-likeness (QED) is 0.347. The third-order valence-electron chi connectivity index (χ3n) is 4.44. The zero-order valence-electron chi connectivity index (χ0n) is 16.3. The molecule has 0 bridgehead atoms. The van der Waals surface area contributed by atoms with Crippen LogP contribution in [0, 0.1) is 18.7 Å². The summed E-state index contributed by atoms with van der Waals surface area (Å²) in [6, 6.07) is 4.83. The summed E-state index contributed by atoms with van der Waals surface area (Å²) in [7, 11) is 3.43. The molecule has 1 aliphatic rings. The smallest absolute Gasteiger partial charge is 0.243 e. The monoisotopic (exact) mass is 492 g/mol. The number of halogens is 2. The Morgan fingerprint density at radius 1 is 1.37 bits per heavy atom. The number of nitrogens with zero attached hydrogens (tertiary/aromatic N) is 2.